The summed E-state index contributed by atoms with van der Waals surface area (Å²) in [5, 5.41) is 3.31. The van der Waals surface area contributed by atoms with Crippen molar-refractivity contribution in [1.29, 1.82) is 0 Å². The fourth-order valence-corrected chi connectivity index (χ4v) is 1.56. The molecule has 1 aromatic carbocycles. The van der Waals surface area contributed by atoms with Gasteiger partial charge in [0.05, 0.1) is 7.11 Å². The highest BCUT2D eigenvalue weighted by Crippen LogP contribution is 2.16. The molecule has 0 aliphatic heterocycles. The first-order chi connectivity index (χ1) is 7.86. The predicted molar refractivity (Wildman–Crippen MR) is 69.7 cm³/mol. The number of ether oxygens (including phenoxy) is 2. The van der Waals surface area contributed by atoms with Crippen LogP contribution in [0.25, 0.3) is 0 Å². The summed E-state index contributed by atoms with van der Waals surface area (Å²) in [4.78, 5) is 0. The van der Waals surface area contributed by atoms with E-state index in [1.54, 1.807) is 7.11 Å². The third-order valence-electron chi connectivity index (χ3n) is 2.09. The molecular formula is C12H19NO2S. The molecule has 0 fully saturated rings. The van der Waals surface area contributed by atoms with Crippen LogP contribution in [0.15, 0.2) is 24.3 Å². The second-order valence-electron chi connectivity index (χ2n) is 3.27. The summed E-state index contributed by atoms with van der Waals surface area (Å²) in [5.74, 6) is 2.88. The Kier molecular flexibility index (Phi) is 6.85. The standard InChI is InChI=1S/C12H19NO2S/c1-14-11-3-5-12(6-4-11)15-9-7-13-8-10-16-2/h3-6,13H,7-10H2,1-2H3. The smallest absolute Gasteiger partial charge is 0.119 e. The summed E-state index contributed by atoms with van der Waals surface area (Å²) in [6.45, 7) is 2.61. The predicted octanol–water partition coefficient (Wildman–Crippen LogP) is 2.03. The molecule has 0 aromatic heterocycles. The van der Waals surface area contributed by atoms with Crippen LogP contribution in [-0.4, -0.2) is 38.8 Å². The minimum Gasteiger partial charge on any atom is -0.497 e. The molecule has 1 N–H and O–H groups in total. The highest BCUT2D eigenvalue weighted by molar-refractivity contribution is 7.98. The Morgan fingerprint density at radius 3 is 2.44 bits per heavy atom. The zero-order valence-corrected chi connectivity index (χ0v) is 10.7. The number of benzene rings is 1. The van der Waals surface area contributed by atoms with Gasteiger partial charge in [0.1, 0.15) is 18.1 Å². The molecule has 1 aromatic rings. The van der Waals surface area contributed by atoms with Crippen LogP contribution >= 0.6 is 11.8 Å². The average Bonchev–Trinajstić information content (AvgIpc) is 2.34. The Morgan fingerprint density at radius 2 is 1.81 bits per heavy atom. The van der Waals surface area contributed by atoms with Gasteiger partial charge in [-0.05, 0) is 30.5 Å². The molecule has 3 nitrogen and oxygen atoms in total. The van der Waals surface area contributed by atoms with E-state index in [2.05, 4.69) is 11.6 Å². The van der Waals surface area contributed by atoms with E-state index in [4.69, 9.17) is 9.47 Å². The van der Waals surface area contributed by atoms with Gasteiger partial charge in [-0.3, -0.25) is 0 Å². The molecule has 0 amide bonds. The van der Waals surface area contributed by atoms with Gasteiger partial charge in [-0.1, -0.05) is 0 Å². The first-order valence-electron chi connectivity index (χ1n) is 5.33. The van der Waals surface area contributed by atoms with Crippen LogP contribution in [0.3, 0.4) is 0 Å². The van der Waals surface area contributed by atoms with Crippen LogP contribution in [0.2, 0.25) is 0 Å². The Hall–Kier alpha value is -0.870. The SMILES string of the molecule is COc1ccc(OCCNCCSC)cc1. The Balaban J connectivity index is 2.12. The minimum atomic E-state index is 0.695. The topological polar surface area (TPSA) is 30.5 Å². The van der Waals surface area contributed by atoms with Gasteiger partial charge in [0.2, 0.25) is 0 Å². The molecular weight excluding hydrogens is 222 g/mol. The first kappa shape index (κ1) is 13.2. The van der Waals surface area contributed by atoms with E-state index in [-0.39, 0.29) is 0 Å². The number of hydrogen-bond donors (Lipinski definition) is 1. The molecule has 0 unspecified atom stereocenters. The molecule has 90 valence electrons. The maximum absolute atomic E-state index is 5.56. The number of hydrogen-bond acceptors (Lipinski definition) is 4. The van der Waals surface area contributed by atoms with Gasteiger partial charge < -0.3 is 14.8 Å². The number of rotatable bonds is 8. The van der Waals surface area contributed by atoms with Crippen LogP contribution in [0.1, 0.15) is 0 Å². The molecule has 0 radical (unpaired) electrons. The van der Waals surface area contributed by atoms with E-state index >= 15 is 0 Å². The highest BCUT2D eigenvalue weighted by Gasteiger charge is 1.94. The van der Waals surface area contributed by atoms with Crippen molar-refractivity contribution < 1.29 is 9.47 Å². The van der Waals surface area contributed by atoms with Crippen LogP contribution in [0.4, 0.5) is 0 Å². The van der Waals surface area contributed by atoms with Crippen LogP contribution < -0.4 is 14.8 Å². The molecule has 1 rings (SSSR count). The molecule has 0 aliphatic rings. The quantitative estimate of drug-likeness (QED) is 0.705. The second kappa shape index (κ2) is 8.30. The summed E-state index contributed by atoms with van der Waals surface area (Å²) >= 11 is 1.84. The molecule has 0 heterocycles. The van der Waals surface area contributed by atoms with E-state index in [0.29, 0.717) is 6.61 Å². The van der Waals surface area contributed by atoms with Crippen LogP contribution in [0, 0.1) is 0 Å². The summed E-state index contributed by atoms with van der Waals surface area (Å²) in [6.07, 6.45) is 2.11. The van der Waals surface area contributed by atoms with Gasteiger partial charge in [0.25, 0.3) is 0 Å². The lowest BCUT2D eigenvalue weighted by atomic mass is 10.3. The van der Waals surface area contributed by atoms with Gasteiger partial charge in [0, 0.05) is 18.8 Å². The maximum Gasteiger partial charge on any atom is 0.119 e. The normalized spacial score (nSPS) is 10.1. The van der Waals surface area contributed by atoms with E-state index < -0.39 is 0 Å². The number of nitrogens with one attached hydrogen (secondary N) is 1. The zero-order valence-electron chi connectivity index (χ0n) is 9.86. The molecule has 0 spiro atoms. The lowest BCUT2D eigenvalue weighted by Crippen LogP contribution is -2.23. The average molecular weight is 241 g/mol. The van der Waals surface area contributed by atoms with E-state index in [9.17, 15) is 0 Å². The maximum atomic E-state index is 5.56. The second-order valence-corrected chi connectivity index (χ2v) is 4.25. The van der Waals surface area contributed by atoms with Gasteiger partial charge in [-0.2, -0.15) is 11.8 Å². The van der Waals surface area contributed by atoms with Gasteiger partial charge in [-0.15, -0.1) is 0 Å². The van der Waals surface area contributed by atoms with Gasteiger partial charge in [-0.25, -0.2) is 0 Å². The first-order valence-corrected chi connectivity index (χ1v) is 6.72. The van der Waals surface area contributed by atoms with E-state index in [1.165, 1.54) is 0 Å². The summed E-state index contributed by atoms with van der Waals surface area (Å²) < 4.78 is 10.6. The minimum absolute atomic E-state index is 0.695. The van der Waals surface area contributed by atoms with Crippen molar-refractivity contribution >= 4 is 11.8 Å². The van der Waals surface area contributed by atoms with Crippen molar-refractivity contribution in [3.05, 3.63) is 24.3 Å². The Morgan fingerprint density at radius 1 is 1.12 bits per heavy atom. The van der Waals surface area contributed by atoms with E-state index in [0.717, 1.165) is 30.3 Å². The summed E-state index contributed by atoms with van der Waals surface area (Å²) in [7, 11) is 1.66. The van der Waals surface area contributed by atoms with Crippen molar-refractivity contribution in [2.45, 2.75) is 0 Å². The molecule has 4 heteroatoms. The van der Waals surface area contributed by atoms with Crippen molar-refractivity contribution in [2.75, 3.05) is 38.8 Å². The van der Waals surface area contributed by atoms with Gasteiger partial charge in [0.15, 0.2) is 0 Å². The van der Waals surface area contributed by atoms with Gasteiger partial charge >= 0.3 is 0 Å². The largest absolute Gasteiger partial charge is 0.497 e. The molecule has 16 heavy (non-hydrogen) atoms. The van der Waals surface area contributed by atoms with Crippen molar-refractivity contribution in [3.8, 4) is 11.5 Å². The van der Waals surface area contributed by atoms with E-state index in [1.807, 2.05) is 36.0 Å². The Bertz CT molecular complexity index is 277. The Labute approximate surface area is 102 Å². The molecule has 0 saturated heterocycles. The molecule has 0 saturated carbocycles. The van der Waals surface area contributed by atoms with Crippen LogP contribution in [0.5, 0.6) is 11.5 Å². The molecule has 0 aliphatic carbocycles. The number of methoxy groups -OCH3 is 1. The fraction of sp³-hybridized carbons (Fsp3) is 0.500. The monoisotopic (exact) mass is 241 g/mol. The molecule has 0 bridgehead atoms. The number of thioether (sulfide) groups is 1. The third-order valence-corrected chi connectivity index (χ3v) is 2.70. The molecule has 0 atom stereocenters. The summed E-state index contributed by atoms with van der Waals surface area (Å²) in [6, 6.07) is 7.63. The highest BCUT2D eigenvalue weighted by atomic mass is 32.2. The van der Waals surface area contributed by atoms with Crippen molar-refractivity contribution in [1.82, 2.24) is 5.32 Å². The third kappa shape index (κ3) is 5.28. The fourth-order valence-electron chi connectivity index (χ4n) is 1.21. The summed E-state index contributed by atoms with van der Waals surface area (Å²) in [5.41, 5.74) is 0. The lowest BCUT2D eigenvalue weighted by Gasteiger charge is -2.07. The van der Waals surface area contributed by atoms with Crippen molar-refractivity contribution in [2.24, 2.45) is 0 Å². The van der Waals surface area contributed by atoms with Crippen LogP contribution in [-0.2, 0) is 0 Å². The lowest BCUT2D eigenvalue weighted by molar-refractivity contribution is 0.315. The zero-order chi connectivity index (χ0) is 11.6. The van der Waals surface area contributed by atoms with Crippen molar-refractivity contribution in [3.63, 3.8) is 0 Å².